The summed E-state index contributed by atoms with van der Waals surface area (Å²) in [5.74, 6) is -0.292. The number of methoxy groups -OCH3 is 2. The van der Waals surface area contributed by atoms with Crippen molar-refractivity contribution in [3.05, 3.63) is 21.6 Å². The fourth-order valence-electron chi connectivity index (χ4n) is 1.65. The van der Waals surface area contributed by atoms with Crippen LogP contribution in [0, 0.1) is 5.92 Å². The van der Waals surface area contributed by atoms with Crippen LogP contribution in [0.15, 0.2) is 11.0 Å². The fraction of sp³-hybridized carbons (Fsp3) is 0.615. The van der Waals surface area contributed by atoms with E-state index in [2.05, 4.69) is 15.2 Å². The van der Waals surface area contributed by atoms with Crippen molar-refractivity contribution in [2.75, 3.05) is 26.1 Å². The topological polar surface area (TPSA) is 82.4 Å². The molecule has 1 aromatic heterocycles. The van der Waals surface area contributed by atoms with Crippen LogP contribution in [0.25, 0.3) is 0 Å². The molecule has 1 aromatic rings. The molecule has 1 heterocycles. The number of nitrogens with zero attached hydrogens (tertiary/aromatic N) is 2. The van der Waals surface area contributed by atoms with Crippen LogP contribution in [0.4, 0.5) is 5.69 Å². The van der Waals surface area contributed by atoms with Crippen LogP contribution in [0.2, 0.25) is 5.02 Å². The van der Waals surface area contributed by atoms with Crippen LogP contribution >= 0.6 is 11.6 Å². The van der Waals surface area contributed by atoms with E-state index in [9.17, 15) is 9.59 Å². The van der Waals surface area contributed by atoms with Crippen molar-refractivity contribution in [1.29, 1.82) is 0 Å². The number of esters is 1. The molecule has 0 aromatic carbocycles. The summed E-state index contributed by atoms with van der Waals surface area (Å²) < 4.78 is 10.6. The molecule has 1 rings (SSSR count). The zero-order valence-electron chi connectivity index (χ0n) is 12.6. The highest BCUT2D eigenvalue weighted by molar-refractivity contribution is 6.32. The number of halogens is 1. The van der Waals surface area contributed by atoms with Gasteiger partial charge in [0.2, 0.25) is 0 Å². The second kappa shape index (κ2) is 7.99. The van der Waals surface area contributed by atoms with Gasteiger partial charge in [-0.05, 0) is 5.92 Å². The summed E-state index contributed by atoms with van der Waals surface area (Å²) in [4.78, 5) is 23.2. The van der Waals surface area contributed by atoms with Crippen LogP contribution in [0.3, 0.4) is 0 Å². The Morgan fingerprint density at radius 2 is 2.14 bits per heavy atom. The van der Waals surface area contributed by atoms with Gasteiger partial charge in [0.05, 0.1) is 31.6 Å². The molecule has 21 heavy (non-hydrogen) atoms. The van der Waals surface area contributed by atoms with Gasteiger partial charge in [-0.1, -0.05) is 25.4 Å². The van der Waals surface area contributed by atoms with E-state index in [1.165, 1.54) is 13.3 Å². The van der Waals surface area contributed by atoms with Crippen molar-refractivity contribution < 1.29 is 14.3 Å². The molecule has 7 nitrogen and oxygen atoms in total. The summed E-state index contributed by atoms with van der Waals surface area (Å²) in [5, 5.41) is 7.03. The van der Waals surface area contributed by atoms with Gasteiger partial charge in [0.25, 0.3) is 5.56 Å². The number of hydrogen-bond donors (Lipinski definition) is 1. The Labute approximate surface area is 128 Å². The van der Waals surface area contributed by atoms with Gasteiger partial charge in [-0.3, -0.25) is 9.59 Å². The van der Waals surface area contributed by atoms with E-state index >= 15 is 0 Å². The summed E-state index contributed by atoms with van der Waals surface area (Å²) in [6.07, 6.45) is 1.41. The van der Waals surface area contributed by atoms with Crippen molar-refractivity contribution >= 4 is 23.3 Å². The minimum absolute atomic E-state index is 0.00911. The lowest BCUT2D eigenvalue weighted by molar-refractivity contribution is -0.141. The Kier molecular flexibility index (Phi) is 6.64. The lowest BCUT2D eigenvalue weighted by atomic mass is 10.1. The largest absolute Gasteiger partial charge is 0.468 e. The maximum absolute atomic E-state index is 12.0. The van der Waals surface area contributed by atoms with E-state index in [1.54, 1.807) is 7.11 Å². The number of rotatable bonds is 7. The predicted molar refractivity (Wildman–Crippen MR) is 79.6 cm³/mol. The van der Waals surface area contributed by atoms with E-state index in [0.29, 0.717) is 12.3 Å². The molecule has 1 N–H and O–H groups in total. The number of hydrogen-bond acceptors (Lipinski definition) is 6. The Morgan fingerprint density at radius 1 is 1.48 bits per heavy atom. The highest BCUT2D eigenvalue weighted by Crippen LogP contribution is 2.18. The number of carbonyl (C=O) groups is 1. The molecule has 0 aliphatic rings. The van der Waals surface area contributed by atoms with E-state index in [0.717, 1.165) is 4.68 Å². The van der Waals surface area contributed by atoms with Gasteiger partial charge < -0.3 is 14.8 Å². The zero-order chi connectivity index (χ0) is 16.0. The van der Waals surface area contributed by atoms with Crippen molar-refractivity contribution in [3.8, 4) is 0 Å². The Balaban J connectivity index is 2.98. The number of ether oxygens (including phenoxy) is 2. The molecule has 0 amide bonds. The average Bonchev–Trinajstić information content (AvgIpc) is 2.45. The monoisotopic (exact) mass is 317 g/mol. The predicted octanol–water partition coefficient (Wildman–Crippen LogP) is 1.15. The van der Waals surface area contributed by atoms with E-state index in [1.807, 2.05) is 13.8 Å². The van der Waals surface area contributed by atoms with Gasteiger partial charge in [-0.25, -0.2) is 4.68 Å². The van der Waals surface area contributed by atoms with Crippen molar-refractivity contribution in [3.63, 3.8) is 0 Å². The molecule has 1 unspecified atom stereocenters. The molecular weight excluding hydrogens is 298 g/mol. The first-order valence-corrected chi connectivity index (χ1v) is 6.86. The maximum atomic E-state index is 12.0. The molecule has 0 saturated heterocycles. The first-order valence-electron chi connectivity index (χ1n) is 6.48. The smallest absolute Gasteiger partial charge is 0.327 e. The third kappa shape index (κ3) is 4.71. The number of anilines is 1. The second-order valence-corrected chi connectivity index (χ2v) is 5.24. The third-order valence-corrected chi connectivity index (χ3v) is 3.35. The van der Waals surface area contributed by atoms with E-state index < -0.39 is 11.5 Å². The van der Waals surface area contributed by atoms with Crippen LogP contribution < -0.4 is 10.9 Å². The summed E-state index contributed by atoms with van der Waals surface area (Å²) >= 11 is 6.05. The molecule has 0 saturated carbocycles. The van der Waals surface area contributed by atoms with Crippen LogP contribution in [-0.4, -0.2) is 42.6 Å². The molecule has 0 radical (unpaired) electrons. The molecule has 0 bridgehead atoms. The molecule has 0 aliphatic carbocycles. The van der Waals surface area contributed by atoms with Crippen LogP contribution in [0.1, 0.15) is 13.8 Å². The van der Waals surface area contributed by atoms with Gasteiger partial charge in [0.15, 0.2) is 0 Å². The fourth-order valence-corrected chi connectivity index (χ4v) is 1.85. The van der Waals surface area contributed by atoms with Crippen molar-refractivity contribution in [1.82, 2.24) is 9.78 Å². The molecule has 0 aliphatic heterocycles. The Bertz CT molecular complexity index is 545. The van der Waals surface area contributed by atoms with Gasteiger partial charge >= 0.3 is 5.97 Å². The van der Waals surface area contributed by atoms with E-state index in [-0.39, 0.29) is 23.5 Å². The summed E-state index contributed by atoms with van der Waals surface area (Å²) in [6, 6.07) is -0.00911. The number of carbonyl (C=O) groups excluding carboxylic acids is 1. The van der Waals surface area contributed by atoms with Gasteiger partial charge in [0.1, 0.15) is 11.6 Å². The third-order valence-electron chi connectivity index (χ3n) is 2.98. The van der Waals surface area contributed by atoms with Crippen LogP contribution in [-0.2, 0) is 20.8 Å². The van der Waals surface area contributed by atoms with Gasteiger partial charge in [-0.2, -0.15) is 5.10 Å². The molecular formula is C13H20ClN3O4. The van der Waals surface area contributed by atoms with Crippen LogP contribution in [0.5, 0.6) is 0 Å². The van der Waals surface area contributed by atoms with E-state index in [4.69, 9.17) is 16.3 Å². The summed E-state index contributed by atoms with van der Waals surface area (Å²) in [6.45, 7) is 4.24. The highest BCUT2D eigenvalue weighted by atomic mass is 35.5. The second-order valence-electron chi connectivity index (χ2n) is 4.86. The SMILES string of the molecule is COCC(Nc1cnn(CC(=O)OC)c(=O)c1Cl)C(C)C. The number of aromatic nitrogens is 2. The lowest BCUT2D eigenvalue weighted by Gasteiger charge is -2.23. The first kappa shape index (κ1) is 17.5. The molecule has 0 spiro atoms. The Morgan fingerprint density at radius 3 is 2.67 bits per heavy atom. The molecule has 8 heteroatoms. The van der Waals surface area contributed by atoms with Gasteiger partial charge in [0, 0.05) is 7.11 Å². The van der Waals surface area contributed by atoms with Gasteiger partial charge in [-0.15, -0.1) is 0 Å². The molecule has 1 atom stereocenters. The maximum Gasteiger partial charge on any atom is 0.327 e. The minimum Gasteiger partial charge on any atom is -0.468 e. The Hall–Kier alpha value is -1.60. The van der Waals surface area contributed by atoms with Crippen molar-refractivity contribution in [2.24, 2.45) is 5.92 Å². The minimum atomic E-state index is -0.569. The van der Waals surface area contributed by atoms with Crippen molar-refractivity contribution in [2.45, 2.75) is 26.4 Å². The summed E-state index contributed by atoms with van der Waals surface area (Å²) in [5.41, 5.74) is -0.134. The summed E-state index contributed by atoms with van der Waals surface area (Å²) in [7, 11) is 2.84. The average molecular weight is 318 g/mol. The molecule has 0 fully saturated rings. The standard InChI is InChI=1S/C13H20ClN3O4/c1-8(2)10(7-20-3)16-9-5-15-17(6-11(18)21-4)13(19)12(9)14/h5,8,10,16H,6-7H2,1-4H3. The normalized spacial score (nSPS) is 12.3. The quantitative estimate of drug-likeness (QED) is 0.760. The number of nitrogens with one attached hydrogen (secondary N) is 1. The molecule has 118 valence electrons. The lowest BCUT2D eigenvalue weighted by Crippen LogP contribution is -2.33. The first-order chi connectivity index (χ1) is 9.90. The highest BCUT2D eigenvalue weighted by Gasteiger charge is 2.17. The zero-order valence-corrected chi connectivity index (χ0v) is 13.3.